The van der Waals surface area contributed by atoms with Crippen LogP contribution in [0.3, 0.4) is 0 Å². The van der Waals surface area contributed by atoms with Crippen molar-refractivity contribution in [1.29, 1.82) is 0 Å². The quantitative estimate of drug-likeness (QED) is 0.603. The van der Waals surface area contributed by atoms with Crippen LogP contribution < -0.4 is 9.47 Å². The molecule has 0 saturated carbocycles. The minimum Gasteiger partial charge on any atom is -0.493 e. The molecule has 1 heterocycles. The third kappa shape index (κ3) is 6.29. The third-order valence-corrected chi connectivity index (χ3v) is 4.21. The van der Waals surface area contributed by atoms with Crippen LogP contribution in [0.2, 0.25) is 5.02 Å². The van der Waals surface area contributed by atoms with E-state index in [0.29, 0.717) is 36.1 Å². The first kappa shape index (κ1) is 20.8. The van der Waals surface area contributed by atoms with Crippen LogP contribution in [0.25, 0.3) is 6.08 Å². The number of hydrogen-bond donors (Lipinski definition) is 0. The van der Waals surface area contributed by atoms with Gasteiger partial charge in [0.25, 0.3) is 0 Å². The monoisotopic (exact) mass is 388 g/mol. The van der Waals surface area contributed by atoms with E-state index < -0.39 is 0 Å². The maximum absolute atomic E-state index is 12.3. The molecule has 0 aliphatic heterocycles. The second kappa shape index (κ2) is 10.6. The van der Waals surface area contributed by atoms with Gasteiger partial charge in [-0.1, -0.05) is 24.6 Å². The molecule has 144 valence electrons. The van der Waals surface area contributed by atoms with E-state index in [9.17, 15) is 4.79 Å². The Morgan fingerprint density at radius 1 is 1.33 bits per heavy atom. The summed E-state index contributed by atoms with van der Waals surface area (Å²) >= 11 is 6.30. The Balaban J connectivity index is 2.01. The first-order valence-corrected chi connectivity index (χ1v) is 9.26. The summed E-state index contributed by atoms with van der Waals surface area (Å²) in [6.45, 7) is 3.17. The molecule has 5 nitrogen and oxygen atoms in total. The van der Waals surface area contributed by atoms with Crippen molar-refractivity contribution in [3.05, 3.63) is 58.9 Å². The molecule has 0 fully saturated rings. The molecule has 27 heavy (non-hydrogen) atoms. The molecule has 0 radical (unpaired) electrons. The van der Waals surface area contributed by atoms with Crippen molar-refractivity contribution in [2.24, 2.45) is 0 Å². The van der Waals surface area contributed by atoms with Crippen LogP contribution in [0.4, 0.5) is 0 Å². The predicted molar refractivity (Wildman–Crippen MR) is 108 cm³/mol. The molecule has 2 aromatic rings. The van der Waals surface area contributed by atoms with Crippen molar-refractivity contribution in [2.75, 3.05) is 27.3 Å². The van der Waals surface area contributed by atoms with Crippen LogP contribution in [0.5, 0.6) is 11.5 Å². The van der Waals surface area contributed by atoms with Crippen molar-refractivity contribution in [2.45, 2.75) is 19.8 Å². The summed E-state index contributed by atoms with van der Waals surface area (Å²) in [5, 5.41) is 0.457. The number of pyridine rings is 1. The highest BCUT2D eigenvalue weighted by Crippen LogP contribution is 2.36. The van der Waals surface area contributed by atoms with Gasteiger partial charge in [0.2, 0.25) is 5.91 Å². The van der Waals surface area contributed by atoms with Gasteiger partial charge in [0, 0.05) is 38.0 Å². The van der Waals surface area contributed by atoms with Crippen LogP contribution in [-0.2, 0) is 11.2 Å². The first-order valence-electron chi connectivity index (χ1n) is 8.88. The van der Waals surface area contributed by atoms with Crippen molar-refractivity contribution in [1.82, 2.24) is 9.88 Å². The molecule has 6 heteroatoms. The Kier molecular flexibility index (Phi) is 8.14. The fraction of sp³-hybridized carbons (Fsp3) is 0.333. The van der Waals surface area contributed by atoms with Crippen LogP contribution in [0, 0.1) is 0 Å². The Bertz CT molecular complexity index is 778. The van der Waals surface area contributed by atoms with Gasteiger partial charge in [-0.15, -0.1) is 0 Å². The number of aromatic nitrogens is 1. The number of halogens is 1. The fourth-order valence-corrected chi connectivity index (χ4v) is 2.69. The van der Waals surface area contributed by atoms with Gasteiger partial charge in [-0.25, -0.2) is 0 Å². The van der Waals surface area contributed by atoms with E-state index in [0.717, 1.165) is 17.7 Å². The number of amides is 1. The van der Waals surface area contributed by atoms with E-state index in [1.54, 1.807) is 43.5 Å². The highest BCUT2D eigenvalue weighted by molar-refractivity contribution is 6.32. The van der Waals surface area contributed by atoms with Crippen molar-refractivity contribution < 1.29 is 14.3 Å². The van der Waals surface area contributed by atoms with Gasteiger partial charge < -0.3 is 14.4 Å². The predicted octanol–water partition coefficient (Wildman–Crippen LogP) is 4.25. The number of nitrogens with zero attached hydrogens (tertiary/aromatic N) is 2. The van der Waals surface area contributed by atoms with Gasteiger partial charge in [-0.2, -0.15) is 0 Å². The Morgan fingerprint density at radius 3 is 2.81 bits per heavy atom. The summed E-state index contributed by atoms with van der Waals surface area (Å²) < 4.78 is 11.0. The summed E-state index contributed by atoms with van der Waals surface area (Å²) in [4.78, 5) is 18.2. The standard InChI is InChI=1S/C21H25ClN2O3/c1-4-13-27-21-18(22)14-16(15-19(21)26-3)8-9-20(25)24(2)12-10-17-7-5-6-11-23-17/h5-9,11,14-15H,4,10,12-13H2,1-3H3/b9-8+. The Hall–Kier alpha value is -2.53. The van der Waals surface area contributed by atoms with Crippen LogP contribution in [0.15, 0.2) is 42.6 Å². The number of ether oxygens (including phenoxy) is 2. The zero-order valence-electron chi connectivity index (χ0n) is 15.9. The summed E-state index contributed by atoms with van der Waals surface area (Å²) in [6.07, 6.45) is 6.58. The van der Waals surface area contributed by atoms with Gasteiger partial charge in [0.05, 0.1) is 18.7 Å². The van der Waals surface area contributed by atoms with E-state index in [-0.39, 0.29) is 5.91 Å². The molecule has 0 spiro atoms. The lowest BCUT2D eigenvalue weighted by Gasteiger charge is -2.15. The molecule has 0 N–H and O–H groups in total. The van der Waals surface area contributed by atoms with Crippen LogP contribution in [-0.4, -0.2) is 43.1 Å². The Labute approximate surface area is 165 Å². The molecule has 0 unspecified atom stereocenters. The normalized spacial score (nSPS) is 10.8. The summed E-state index contributed by atoms with van der Waals surface area (Å²) in [7, 11) is 3.33. The summed E-state index contributed by atoms with van der Waals surface area (Å²) in [5.74, 6) is 0.982. The van der Waals surface area contributed by atoms with Gasteiger partial charge in [-0.05, 0) is 42.3 Å². The topological polar surface area (TPSA) is 51.7 Å². The molecule has 2 rings (SSSR count). The van der Waals surface area contributed by atoms with Crippen LogP contribution >= 0.6 is 11.6 Å². The van der Waals surface area contributed by atoms with Crippen molar-refractivity contribution >= 4 is 23.6 Å². The second-order valence-corrected chi connectivity index (χ2v) is 6.45. The van der Waals surface area contributed by atoms with Gasteiger partial charge in [0.15, 0.2) is 11.5 Å². The van der Waals surface area contributed by atoms with E-state index in [2.05, 4.69) is 4.98 Å². The molecule has 1 amide bonds. The van der Waals surface area contributed by atoms with Crippen molar-refractivity contribution in [3.8, 4) is 11.5 Å². The van der Waals surface area contributed by atoms with Gasteiger partial charge >= 0.3 is 0 Å². The number of carbonyl (C=O) groups excluding carboxylic acids is 1. The summed E-state index contributed by atoms with van der Waals surface area (Å²) in [5.41, 5.74) is 1.73. The van der Waals surface area contributed by atoms with E-state index in [1.807, 2.05) is 25.1 Å². The average Bonchev–Trinajstić information content (AvgIpc) is 2.69. The summed E-state index contributed by atoms with van der Waals surface area (Å²) in [6, 6.07) is 9.32. The third-order valence-electron chi connectivity index (χ3n) is 3.93. The molecule has 0 aliphatic carbocycles. The number of carbonyl (C=O) groups is 1. The average molecular weight is 389 g/mol. The lowest BCUT2D eigenvalue weighted by Crippen LogP contribution is -2.27. The second-order valence-electron chi connectivity index (χ2n) is 6.05. The van der Waals surface area contributed by atoms with Gasteiger partial charge in [0.1, 0.15) is 0 Å². The lowest BCUT2D eigenvalue weighted by atomic mass is 10.1. The molecule has 0 aliphatic rings. The van der Waals surface area contributed by atoms with Crippen molar-refractivity contribution in [3.63, 3.8) is 0 Å². The van der Waals surface area contributed by atoms with Crippen LogP contribution in [0.1, 0.15) is 24.6 Å². The molecule has 1 aromatic heterocycles. The maximum Gasteiger partial charge on any atom is 0.246 e. The SMILES string of the molecule is CCCOc1c(Cl)cc(/C=C/C(=O)N(C)CCc2ccccn2)cc1OC. The largest absolute Gasteiger partial charge is 0.493 e. The number of likely N-dealkylation sites (N-methyl/N-ethyl adjacent to an activating group) is 1. The zero-order chi connectivity index (χ0) is 19.6. The smallest absolute Gasteiger partial charge is 0.246 e. The zero-order valence-corrected chi connectivity index (χ0v) is 16.7. The van der Waals surface area contributed by atoms with E-state index in [4.69, 9.17) is 21.1 Å². The number of hydrogen-bond acceptors (Lipinski definition) is 4. The molecule has 0 bridgehead atoms. The van der Waals surface area contributed by atoms with E-state index in [1.165, 1.54) is 6.08 Å². The highest BCUT2D eigenvalue weighted by Gasteiger charge is 2.11. The molecule has 0 atom stereocenters. The number of benzene rings is 1. The molecule has 1 aromatic carbocycles. The Morgan fingerprint density at radius 2 is 2.15 bits per heavy atom. The van der Waals surface area contributed by atoms with E-state index >= 15 is 0 Å². The minimum absolute atomic E-state index is 0.0904. The maximum atomic E-state index is 12.3. The first-order chi connectivity index (χ1) is 13.0. The lowest BCUT2D eigenvalue weighted by molar-refractivity contribution is -0.124. The molecular formula is C21H25ClN2O3. The molecular weight excluding hydrogens is 364 g/mol. The molecule has 0 saturated heterocycles. The fourth-order valence-electron chi connectivity index (χ4n) is 2.41. The minimum atomic E-state index is -0.0904. The number of methoxy groups -OCH3 is 1. The highest BCUT2D eigenvalue weighted by atomic mass is 35.5. The number of rotatable bonds is 9. The van der Waals surface area contributed by atoms with Gasteiger partial charge in [-0.3, -0.25) is 9.78 Å².